The van der Waals surface area contributed by atoms with E-state index in [-0.39, 0.29) is 5.90 Å². The maximum absolute atomic E-state index is 7.43. The molecule has 60 valence electrons. The van der Waals surface area contributed by atoms with Crippen LogP contribution in [0.1, 0.15) is 16.7 Å². The standard InChI is InChI=1S/C8H11NOS/c1-3-10-8(9)7-5-4-6(2)11-7/h4-5,9H,3H2,1-2H3. The number of aryl methyl sites for hydroxylation is 1. The highest BCUT2D eigenvalue weighted by molar-refractivity contribution is 7.13. The SMILES string of the molecule is CCOC(=N)c1ccc(C)s1. The summed E-state index contributed by atoms with van der Waals surface area (Å²) in [6.45, 7) is 4.47. The number of ether oxygens (including phenoxy) is 1. The van der Waals surface area contributed by atoms with Gasteiger partial charge in [0.25, 0.3) is 0 Å². The van der Waals surface area contributed by atoms with Gasteiger partial charge in [-0.2, -0.15) is 0 Å². The normalized spacial score (nSPS) is 9.64. The summed E-state index contributed by atoms with van der Waals surface area (Å²) < 4.78 is 5.03. The largest absolute Gasteiger partial charge is 0.477 e. The van der Waals surface area contributed by atoms with Crippen LogP contribution in [0.2, 0.25) is 0 Å². The van der Waals surface area contributed by atoms with Crippen LogP contribution in [0.5, 0.6) is 0 Å². The third kappa shape index (κ3) is 2.05. The van der Waals surface area contributed by atoms with Crippen LogP contribution < -0.4 is 0 Å². The van der Waals surface area contributed by atoms with Crippen molar-refractivity contribution in [2.24, 2.45) is 0 Å². The van der Waals surface area contributed by atoms with Gasteiger partial charge in [-0.1, -0.05) is 0 Å². The monoisotopic (exact) mass is 169 g/mol. The molecule has 1 N–H and O–H groups in total. The van der Waals surface area contributed by atoms with E-state index in [9.17, 15) is 0 Å². The lowest BCUT2D eigenvalue weighted by molar-refractivity contribution is 0.326. The van der Waals surface area contributed by atoms with Crippen LogP contribution >= 0.6 is 11.3 Å². The van der Waals surface area contributed by atoms with Crippen molar-refractivity contribution < 1.29 is 4.74 Å². The zero-order valence-electron chi connectivity index (χ0n) is 6.68. The van der Waals surface area contributed by atoms with E-state index in [2.05, 4.69) is 0 Å². The van der Waals surface area contributed by atoms with Gasteiger partial charge in [0.1, 0.15) is 0 Å². The van der Waals surface area contributed by atoms with E-state index in [0.29, 0.717) is 6.61 Å². The van der Waals surface area contributed by atoms with E-state index in [1.54, 1.807) is 11.3 Å². The minimum absolute atomic E-state index is 0.283. The maximum atomic E-state index is 7.43. The number of thiophene rings is 1. The Morgan fingerprint density at radius 1 is 1.64 bits per heavy atom. The second-order valence-corrected chi connectivity index (χ2v) is 3.46. The van der Waals surface area contributed by atoms with Crippen molar-refractivity contribution in [3.05, 3.63) is 21.9 Å². The topological polar surface area (TPSA) is 33.1 Å². The van der Waals surface area contributed by atoms with Crippen LogP contribution in [-0.2, 0) is 4.74 Å². The Labute approximate surface area is 70.3 Å². The minimum atomic E-state index is 0.283. The maximum Gasteiger partial charge on any atom is 0.223 e. The van der Waals surface area contributed by atoms with Gasteiger partial charge >= 0.3 is 0 Å². The molecule has 0 saturated carbocycles. The Balaban J connectivity index is 2.69. The number of nitrogens with one attached hydrogen (secondary N) is 1. The van der Waals surface area contributed by atoms with E-state index >= 15 is 0 Å². The average Bonchev–Trinajstić information content (AvgIpc) is 2.36. The first-order valence-corrected chi connectivity index (χ1v) is 4.34. The molecule has 0 aromatic carbocycles. The Kier molecular flexibility index (Phi) is 2.65. The van der Waals surface area contributed by atoms with E-state index in [1.807, 2.05) is 26.0 Å². The van der Waals surface area contributed by atoms with Crippen molar-refractivity contribution in [2.45, 2.75) is 13.8 Å². The molecule has 11 heavy (non-hydrogen) atoms. The molecule has 1 rings (SSSR count). The lowest BCUT2D eigenvalue weighted by Gasteiger charge is -1.99. The Bertz CT molecular complexity index is 254. The van der Waals surface area contributed by atoms with Gasteiger partial charge in [-0.05, 0) is 26.0 Å². The fourth-order valence-electron chi connectivity index (χ4n) is 0.772. The third-order valence-corrected chi connectivity index (χ3v) is 2.25. The highest BCUT2D eigenvalue weighted by Gasteiger charge is 2.02. The number of hydrogen-bond acceptors (Lipinski definition) is 3. The van der Waals surface area contributed by atoms with Gasteiger partial charge in [-0.25, -0.2) is 0 Å². The van der Waals surface area contributed by atoms with Gasteiger partial charge in [0.05, 0.1) is 11.5 Å². The van der Waals surface area contributed by atoms with Gasteiger partial charge in [0, 0.05) is 4.88 Å². The third-order valence-electron chi connectivity index (χ3n) is 1.25. The first-order valence-electron chi connectivity index (χ1n) is 3.52. The van der Waals surface area contributed by atoms with Crippen LogP contribution in [0.25, 0.3) is 0 Å². The Morgan fingerprint density at radius 3 is 2.82 bits per heavy atom. The average molecular weight is 169 g/mol. The fourth-order valence-corrected chi connectivity index (χ4v) is 1.54. The molecule has 0 aliphatic rings. The molecule has 0 aliphatic heterocycles. The zero-order valence-corrected chi connectivity index (χ0v) is 7.49. The summed E-state index contributed by atoms with van der Waals surface area (Å²) in [6, 6.07) is 3.91. The zero-order chi connectivity index (χ0) is 8.27. The van der Waals surface area contributed by atoms with Crippen molar-refractivity contribution in [1.29, 1.82) is 5.41 Å². The summed E-state index contributed by atoms with van der Waals surface area (Å²) in [4.78, 5) is 2.12. The predicted octanol–water partition coefficient (Wildman–Crippen LogP) is 2.42. The van der Waals surface area contributed by atoms with Crippen LogP contribution in [0.15, 0.2) is 12.1 Å². The van der Waals surface area contributed by atoms with Crippen molar-refractivity contribution in [1.82, 2.24) is 0 Å². The Hall–Kier alpha value is -0.830. The molecule has 1 heterocycles. The van der Waals surface area contributed by atoms with Crippen molar-refractivity contribution in [2.75, 3.05) is 6.61 Å². The van der Waals surface area contributed by atoms with Gasteiger partial charge in [-0.3, -0.25) is 5.41 Å². The molecule has 0 spiro atoms. The molecule has 0 fully saturated rings. The highest BCUT2D eigenvalue weighted by atomic mass is 32.1. The molecule has 0 radical (unpaired) electrons. The molecule has 0 unspecified atom stereocenters. The van der Waals surface area contributed by atoms with Crippen molar-refractivity contribution in [3.63, 3.8) is 0 Å². The lowest BCUT2D eigenvalue weighted by atomic mass is 10.4. The van der Waals surface area contributed by atoms with Crippen LogP contribution in [0, 0.1) is 12.3 Å². The predicted molar refractivity (Wildman–Crippen MR) is 47.5 cm³/mol. The second kappa shape index (κ2) is 3.53. The first kappa shape index (κ1) is 8.27. The minimum Gasteiger partial charge on any atom is -0.477 e. The van der Waals surface area contributed by atoms with Gasteiger partial charge in [0.15, 0.2) is 0 Å². The molecule has 0 aliphatic carbocycles. The second-order valence-electron chi connectivity index (χ2n) is 2.17. The molecule has 0 saturated heterocycles. The summed E-state index contributed by atoms with van der Waals surface area (Å²) in [6.07, 6.45) is 0. The molecule has 3 heteroatoms. The fraction of sp³-hybridized carbons (Fsp3) is 0.375. The van der Waals surface area contributed by atoms with Crippen molar-refractivity contribution in [3.8, 4) is 0 Å². The molecular formula is C8H11NOS. The number of rotatable bonds is 2. The molecule has 2 nitrogen and oxygen atoms in total. The van der Waals surface area contributed by atoms with E-state index in [4.69, 9.17) is 10.1 Å². The highest BCUT2D eigenvalue weighted by Crippen LogP contribution is 2.15. The lowest BCUT2D eigenvalue weighted by Crippen LogP contribution is -2.01. The summed E-state index contributed by atoms with van der Waals surface area (Å²) in [7, 11) is 0. The molecular weight excluding hydrogens is 158 g/mol. The molecule has 0 atom stereocenters. The van der Waals surface area contributed by atoms with Gasteiger partial charge in [-0.15, -0.1) is 11.3 Å². The van der Waals surface area contributed by atoms with E-state index in [1.165, 1.54) is 4.88 Å². The molecule has 0 amide bonds. The number of hydrogen-bond donors (Lipinski definition) is 1. The van der Waals surface area contributed by atoms with Crippen molar-refractivity contribution >= 4 is 17.2 Å². The summed E-state index contributed by atoms with van der Waals surface area (Å²) >= 11 is 1.59. The first-order chi connectivity index (χ1) is 5.24. The van der Waals surface area contributed by atoms with Gasteiger partial charge < -0.3 is 4.74 Å². The van der Waals surface area contributed by atoms with Crippen LogP contribution in [-0.4, -0.2) is 12.5 Å². The Morgan fingerprint density at radius 2 is 2.36 bits per heavy atom. The summed E-state index contributed by atoms with van der Waals surface area (Å²) in [5.74, 6) is 0.283. The van der Waals surface area contributed by atoms with E-state index < -0.39 is 0 Å². The smallest absolute Gasteiger partial charge is 0.223 e. The molecule has 1 aromatic rings. The molecule has 1 aromatic heterocycles. The van der Waals surface area contributed by atoms with Gasteiger partial charge in [0.2, 0.25) is 5.90 Å². The van der Waals surface area contributed by atoms with Crippen LogP contribution in [0.3, 0.4) is 0 Å². The quantitative estimate of drug-likeness (QED) is 0.535. The summed E-state index contributed by atoms with van der Waals surface area (Å²) in [5, 5.41) is 7.43. The van der Waals surface area contributed by atoms with E-state index in [0.717, 1.165) is 4.88 Å². The summed E-state index contributed by atoms with van der Waals surface area (Å²) in [5.41, 5.74) is 0. The van der Waals surface area contributed by atoms with Crippen LogP contribution in [0.4, 0.5) is 0 Å². The molecule has 0 bridgehead atoms.